The zero-order valence-electron chi connectivity index (χ0n) is 65.3. The molecule has 18 N–H and O–H groups in total. The number of rotatable bonds is 12. The molecule has 2 aliphatic rings. The van der Waals surface area contributed by atoms with Crippen LogP contribution in [0.25, 0.3) is 0 Å². The molecule has 2 aliphatic heterocycles. The number of amides is 6. The number of phenolic OH excluding ortho intramolecular Hbond substituents is 12. The normalized spacial score (nSPS) is 16.2. The van der Waals surface area contributed by atoms with E-state index in [2.05, 4.69) is 91.2 Å². The van der Waals surface area contributed by atoms with Crippen molar-refractivity contribution in [2.45, 2.75) is 137 Å². The number of ether oxygens (including phenoxy) is 6. The minimum absolute atomic E-state index is 0.490. The lowest BCUT2D eigenvalue weighted by Crippen LogP contribution is -2.52. The van der Waals surface area contributed by atoms with Gasteiger partial charge < -0.3 is 122 Å². The van der Waals surface area contributed by atoms with Crippen LogP contribution in [0.1, 0.15) is 163 Å². The van der Waals surface area contributed by atoms with Crippen molar-refractivity contribution < 1.29 is 147 Å². The molecule has 630 valence electrons. The van der Waals surface area contributed by atoms with Gasteiger partial charge in [0.15, 0.2) is 105 Å². The maximum atomic E-state index is 13.1. The largest absolute Gasteiger partial charge is 0.504 e. The van der Waals surface area contributed by atoms with Crippen molar-refractivity contribution in [3.63, 3.8) is 0 Å². The summed E-state index contributed by atoms with van der Waals surface area (Å²) in [7, 11) is 0. The van der Waals surface area contributed by atoms with Gasteiger partial charge in [0.25, 0.3) is 35.4 Å². The molecule has 2 saturated heterocycles. The maximum Gasteiger partial charge on any atom is 0.332 e. The summed E-state index contributed by atoms with van der Waals surface area (Å²) >= 11 is 0. The highest BCUT2D eigenvalue weighted by atomic mass is 16.6. The number of phenols is 12. The fraction of sp³-hybridized carbons (Fsp3) is 0.333. The summed E-state index contributed by atoms with van der Waals surface area (Å²) in [6.45, 7) is 12.9. The van der Waals surface area contributed by atoms with Crippen molar-refractivity contribution >= 4 is 71.3 Å². The maximum absolute atomic E-state index is 13.1. The third-order valence-electron chi connectivity index (χ3n) is 14.1. The summed E-state index contributed by atoms with van der Waals surface area (Å²) in [6.07, 6.45) is 20.6. The van der Waals surface area contributed by atoms with E-state index in [0.29, 0.717) is 0 Å². The molecule has 6 aromatic rings. The number of esters is 6. The van der Waals surface area contributed by atoms with Crippen molar-refractivity contribution in [2.24, 2.45) is 0 Å². The van der Waals surface area contributed by atoms with Crippen LogP contribution in [0.3, 0.4) is 0 Å². The molecule has 0 spiro atoms. The first kappa shape index (κ1) is 100. The highest BCUT2D eigenvalue weighted by Crippen LogP contribution is 2.33. The summed E-state index contributed by atoms with van der Waals surface area (Å²) in [5.41, 5.74) is -2.94. The third-order valence-corrected chi connectivity index (χ3v) is 14.1. The van der Waals surface area contributed by atoms with Crippen molar-refractivity contribution in [3.8, 4) is 106 Å². The van der Waals surface area contributed by atoms with Crippen LogP contribution in [0.4, 0.5) is 0 Å². The van der Waals surface area contributed by atoms with E-state index in [9.17, 15) is 119 Å². The summed E-state index contributed by atoms with van der Waals surface area (Å²) in [4.78, 5) is 156. The number of carbonyl (C=O) groups excluding carboxylic acids is 12. The Morgan fingerprint density at radius 1 is 0.274 bits per heavy atom. The Hall–Kier alpha value is -14.8. The third kappa shape index (κ3) is 32.8. The van der Waals surface area contributed by atoms with E-state index in [1.54, 1.807) is 0 Å². The number of cyclic esters (lactones) is 6. The lowest BCUT2D eigenvalue weighted by Gasteiger charge is -2.25. The zero-order valence-corrected chi connectivity index (χ0v) is 65.3. The van der Waals surface area contributed by atoms with Crippen LogP contribution < -0.4 is 31.9 Å². The van der Waals surface area contributed by atoms with Crippen LogP contribution in [-0.4, -0.2) is 208 Å². The fourth-order valence-corrected chi connectivity index (χ4v) is 8.31. The van der Waals surface area contributed by atoms with Gasteiger partial charge in [-0.3, -0.25) is 28.8 Å². The van der Waals surface area contributed by atoms with Crippen LogP contribution in [0.2, 0.25) is 0 Å². The highest BCUT2D eigenvalue weighted by molar-refractivity contribution is 6.04. The average Bonchev–Trinajstić information content (AvgIpc) is 0.903. The van der Waals surface area contributed by atoms with Gasteiger partial charge in [0.1, 0.15) is 39.6 Å². The SMILES string of the molecule is C#CCC.C#CCC.C#CCC.CCC.CCC.CCC.O=C(NC1COC(=O)C(NC(=O)c2cccc(O)c2O)COC(=O)C(NC(=O)c2cccc(O)c2O)COC1=O)c1cccc(O)c1O.O=C(NC1COC(=O)C(NC(=O)c2cccc(O)c2O)COC(=O)C(NC(=O)c2cccc(O)c2O)COC1=O)c1cccc(O)c1O. The first-order valence-corrected chi connectivity index (χ1v) is 35.8. The van der Waals surface area contributed by atoms with Crippen molar-refractivity contribution in [3.05, 3.63) is 143 Å². The van der Waals surface area contributed by atoms with Gasteiger partial charge in [0.05, 0.1) is 33.4 Å². The molecule has 6 amide bonds. The van der Waals surface area contributed by atoms with E-state index in [1.807, 2.05) is 20.8 Å². The first-order chi connectivity index (χ1) is 55.5. The van der Waals surface area contributed by atoms with E-state index >= 15 is 0 Å². The van der Waals surface area contributed by atoms with Gasteiger partial charge in [0.2, 0.25) is 0 Å². The van der Waals surface area contributed by atoms with Crippen molar-refractivity contribution in [1.29, 1.82) is 0 Å². The molecule has 0 radical (unpaired) electrons. The van der Waals surface area contributed by atoms with E-state index in [-0.39, 0.29) is 0 Å². The van der Waals surface area contributed by atoms with E-state index < -0.39 is 250 Å². The molecule has 36 heteroatoms. The molecule has 0 bridgehead atoms. The van der Waals surface area contributed by atoms with Gasteiger partial charge >= 0.3 is 35.8 Å². The number of nitrogens with one attached hydrogen (secondary N) is 6. The lowest BCUT2D eigenvalue weighted by atomic mass is 10.1. The molecule has 8 rings (SSSR count). The van der Waals surface area contributed by atoms with Crippen LogP contribution >= 0.6 is 0 Å². The van der Waals surface area contributed by atoms with E-state index in [4.69, 9.17) is 47.7 Å². The number of hydrogen-bond donors (Lipinski definition) is 18. The van der Waals surface area contributed by atoms with Gasteiger partial charge in [-0.25, -0.2) is 28.8 Å². The minimum Gasteiger partial charge on any atom is -0.504 e. The monoisotopic (exact) mass is 1630 g/mol. The lowest BCUT2D eigenvalue weighted by molar-refractivity contribution is -0.163. The summed E-state index contributed by atoms with van der Waals surface area (Å²) < 4.78 is 30.6. The average molecular weight is 1630 g/mol. The molecule has 6 aromatic carbocycles. The topological polar surface area (TPSA) is 575 Å². The highest BCUT2D eigenvalue weighted by Gasteiger charge is 2.38. The molecule has 6 unspecified atom stereocenters. The number of benzene rings is 6. The van der Waals surface area contributed by atoms with Gasteiger partial charge in [-0.15, -0.1) is 37.0 Å². The quantitative estimate of drug-likeness (QED) is 0.0295. The molecule has 0 saturated carbocycles. The number of para-hydroxylation sites is 6. The Labute approximate surface area is 673 Å². The Kier molecular flexibility index (Phi) is 45.6. The summed E-state index contributed by atoms with van der Waals surface area (Å²) in [5.74, 6) is -16.5. The van der Waals surface area contributed by atoms with Crippen LogP contribution in [0.5, 0.6) is 69.0 Å². The predicted octanol–water partition coefficient (Wildman–Crippen LogP) is 5.86. The van der Waals surface area contributed by atoms with Crippen LogP contribution in [0, 0.1) is 37.0 Å². The second-order valence-corrected chi connectivity index (χ2v) is 23.8. The second kappa shape index (κ2) is 53.2. The van der Waals surface area contributed by atoms with Gasteiger partial charge in [-0.1, -0.05) is 118 Å². The van der Waals surface area contributed by atoms with Crippen molar-refractivity contribution in [2.75, 3.05) is 39.6 Å². The Bertz CT molecular complexity index is 3800. The zero-order chi connectivity index (χ0) is 88.6. The van der Waals surface area contributed by atoms with Crippen LogP contribution in [0.15, 0.2) is 109 Å². The summed E-state index contributed by atoms with van der Waals surface area (Å²) in [5, 5.41) is 132. The molecule has 6 atom stereocenters. The molecule has 36 nitrogen and oxygen atoms in total. The Morgan fingerprint density at radius 2 is 0.385 bits per heavy atom. The Morgan fingerprint density at radius 3 is 0.487 bits per heavy atom. The predicted molar refractivity (Wildman–Crippen MR) is 417 cm³/mol. The van der Waals surface area contributed by atoms with Gasteiger partial charge in [-0.2, -0.15) is 0 Å². The number of terminal acetylenes is 3. The smallest absolute Gasteiger partial charge is 0.332 e. The number of carbonyl (C=O) groups is 12. The first-order valence-electron chi connectivity index (χ1n) is 35.8. The molecular weight excluding hydrogens is 1540 g/mol. The van der Waals surface area contributed by atoms with Gasteiger partial charge in [-0.05, 0) is 72.8 Å². The molecule has 0 aliphatic carbocycles. The summed E-state index contributed by atoms with van der Waals surface area (Å²) in [6, 6.07) is 9.28. The molecular formula is C81H96N6O30. The number of aromatic hydroxyl groups is 12. The van der Waals surface area contributed by atoms with Crippen molar-refractivity contribution in [1.82, 2.24) is 31.9 Å². The van der Waals surface area contributed by atoms with Crippen LogP contribution in [-0.2, 0) is 57.2 Å². The Balaban J connectivity index is 0.000000942. The fourth-order valence-electron chi connectivity index (χ4n) is 8.31. The minimum atomic E-state index is -1.84. The molecule has 2 fully saturated rings. The molecule has 2 heterocycles. The standard InChI is InChI=1S/2C30H27N3O15.3C4H6.3C3H8/c2*34-19-7-1-4-13(22(19)37)25(40)31-16-10-46-29(44)18(33-27(42)15-6-3-9-21(36)24(15)39)12-48-30(45)17(11-47-28(16)43)32-26(41)14-5-2-8-20(35)23(14)38;3*1-3-4-2;3*1-3-2/h2*1-9,16-18,34-39H,10-12H2,(H,31,40)(H,32,41)(H,33,42);3*1H,4H2,2H3;3*3H2,1-2H3. The van der Waals surface area contributed by atoms with E-state index in [0.717, 1.165) is 92.1 Å². The molecule has 0 aromatic heterocycles. The molecule has 117 heavy (non-hydrogen) atoms. The van der Waals surface area contributed by atoms with Gasteiger partial charge in [0, 0.05) is 19.3 Å². The van der Waals surface area contributed by atoms with E-state index in [1.165, 1.54) is 55.7 Å². The second-order valence-electron chi connectivity index (χ2n) is 23.8. The number of hydrogen-bond acceptors (Lipinski definition) is 30.